The summed E-state index contributed by atoms with van der Waals surface area (Å²) < 4.78 is 7.92. The Morgan fingerprint density at radius 1 is 1.35 bits per heavy atom. The van der Waals surface area contributed by atoms with Crippen LogP contribution in [-0.4, -0.2) is 65.9 Å². The van der Waals surface area contributed by atoms with E-state index in [0.717, 1.165) is 0 Å². The molecule has 1 aliphatic heterocycles. The average Bonchev–Trinajstić information content (AvgIpc) is 3.06. The molecule has 1 saturated heterocycles. The molecule has 0 radical (unpaired) electrons. The van der Waals surface area contributed by atoms with Gasteiger partial charge in [0.15, 0.2) is 17.4 Å². The molecule has 1 fully saturated rings. The number of aliphatic hydroxyl groups excluding tert-OH is 3. The first-order valence-corrected chi connectivity index (χ1v) is 7.05. The summed E-state index contributed by atoms with van der Waals surface area (Å²) in [7, 11) is 0. The van der Waals surface area contributed by atoms with Crippen molar-refractivity contribution in [1.82, 2.24) is 19.1 Å². The van der Waals surface area contributed by atoms with Crippen LogP contribution < -0.4 is 17.0 Å². The molecule has 0 saturated carbocycles. The fraction of sp³-hybridized carbons (Fsp3) is 0.583. The van der Waals surface area contributed by atoms with Crippen molar-refractivity contribution in [3.05, 3.63) is 16.7 Å². The van der Waals surface area contributed by atoms with E-state index in [1.807, 2.05) is 0 Å². The summed E-state index contributed by atoms with van der Waals surface area (Å²) in [5.41, 5.74) is 10.9. The zero-order valence-electron chi connectivity index (χ0n) is 12.1. The van der Waals surface area contributed by atoms with Crippen LogP contribution in [0.4, 0.5) is 5.95 Å². The van der Waals surface area contributed by atoms with E-state index in [0.29, 0.717) is 0 Å². The van der Waals surface area contributed by atoms with E-state index in [-0.39, 0.29) is 30.2 Å². The minimum atomic E-state index is -1.31. The highest BCUT2D eigenvalue weighted by Crippen LogP contribution is 2.30. The largest absolute Gasteiger partial charge is 0.394 e. The molecule has 4 unspecified atom stereocenters. The van der Waals surface area contributed by atoms with Crippen LogP contribution in [0.25, 0.3) is 11.2 Å². The number of imidazole rings is 1. The molecule has 3 rings (SSSR count). The van der Waals surface area contributed by atoms with E-state index >= 15 is 0 Å². The number of ether oxygens (including phenoxy) is 1. The molecule has 7 N–H and O–H groups in total. The van der Waals surface area contributed by atoms with Gasteiger partial charge in [-0.05, 0) is 0 Å². The molecule has 4 atom stereocenters. The van der Waals surface area contributed by atoms with Crippen LogP contribution in [0.15, 0.2) is 11.1 Å². The summed E-state index contributed by atoms with van der Waals surface area (Å²) >= 11 is 0. The van der Waals surface area contributed by atoms with Crippen LogP contribution in [0.3, 0.4) is 0 Å². The Morgan fingerprint density at radius 2 is 2.09 bits per heavy atom. The van der Waals surface area contributed by atoms with Crippen molar-refractivity contribution < 1.29 is 20.1 Å². The first-order chi connectivity index (χ1) is 11.0. The van der Waals surface area contributed by atoms with Crippen molar-refractivity contribution >= 4 is 17.1 Å². The van der Waals surface area contributed by atoms with Gasteiger partial charge in [0, 0.05) is 13.1 Å². The van der Waals surface area contributed by atoms with Crippen molar-refractivity contribution in [1.29, 1.82) is 0 Å². The van der Waals surface area contributed by atoms with Crippen molar-refractivity contribution in [2.24, 2.45) is 5.73 Å². The lowest BCUT2D eigenvalue weighted by molar-refractivity contribution is -0.0511. The summed E-state index contributed by atoms with van der Waals surface area (Å²) in [6.07, 6.45) is -3.28. The number of nitrogens with two attached hydrogens (primary N) is 2. The van der Waals surface area contributed by atoms with Gasteiger partial charge in [-0.2, -0.15) is 4.98 Å². The molecule has 1 aliphatic rings. The standard InChI is InChI=1S/C12H18N6O5/c13-1-2-17-10(22)6-9(16-12(17)14)18(4-15-6)11-8(21)7(20)5(3-19)23-11/h4-5,7-8,11,19-21H,1-3,13H2,(H2,14,16). The van der Waals surface area contributed by atoms with Gasteiger partial charge in [-0.25, -0.2) is 4.98 Å². The predicted octanol–water partition coefficient (Wildman–Crippen LogP) is -3.25. The second kappa shape index (κ2) is 5.86. The van der Waals surface area contributed by atoms with E-state index < -0.39 is 36.7 Å². The van der Waals surface area contributed by atoms with E-state index in [4.69, 9.17) is 21.3 Å². The summed E-state index contributed by atoms with van der Waals surface area (Å²) in [5.74, 6) is -0.0403. The first-order valence-electron chi connectivity index (χ1n) is 7.05. The number of anilines is 1. The van der Waals surface area contributed by atoms with Gasteiger partial charge in [-0.3, -0.25) is 13.9 Å². The highest BCUT2D eigenvalue weighted by molar-refractivity contribution is 5.71. The van der Waals surface area contributed by atoms with E-state index in [1.54, 1.807) is 0 Å². The Balaban J connectivity index is 2.09. The van der Waals surface area contributed by atoms with Crippen LogP contribution in [0.1, 0.15) is 6.23 Å². The van der Waals surface area contributed by atoms with Gasteiger partial charge in [0.1, 0.15) is 18.3 Å². The fourth-order valence-corrected chi connectivity index (χ4v) is 2.66. The monoisotopic (exact) mass is 326 g/mol. The minimum absolute atomic E-state index is 0.0403. The third kappa shape index (κ3) is 2.38. The van der Waals surface area contributed by atoms with Gasteiger partial charge in [0.25, 0.3) is 5.56 Å². The molecular formula is C12H18N6O5. The molecule has 0 aliphatic carbocycles. The molecule has 11 nitrogen and oxygen atoms in total. The zero-order chi connectivity index (χ0) is 16.7. The molecule has 23 heavy (non-hydrogen) atoms. The molecule has 2 aromatic heterocycles. The van der Waals surface area contributed by atoms with Crippen molar-refractivity contribution in [3.63, 3.8) is 0 Å². The maximum Gasteiger partial charge on any atom is 0.283 e. The van der Waals surface area contributed by atoms with E-state index in [1.165, 1.54) is 15.5 Å². The minimum Gasteiger partial charge on any atom is -0.394 e. The summed E-state index contributed by atoms with van der Waals surface area (Å²) in [4.78, 5) is 20.5. The molecule has 11 heteroatoms. The Kier molecular flexibility index (Phi) is 4.04. The molecule has 2 aromatic rings. The van der Waals surface area contributed by atoms with Gasteiger partial charge < -0.3 is 31.5 Å². The molecule has 0 spiro atoms. The maximum atomic E-state index is 12.4. The second-order valence-corrected chi connectivity index (χ2v) is 5.27. The van der Waals surface area contributed by atoms with Crippen molar-refractivity contribution in [2.75, 3.05) is 18.9 Å². The van der Waals surface area contributed by atoms with Crippen LogP contribution in [0.2, 0.25) is 0 Å². The van der Waals surface area contributed by atoms with E-state index in [9.17, 15) is 15.0 Å². The summed E-state index contributed by atoms with van der Waals surface area (Å²) in [6, 6.07) is 0. The average molecular weight is 326 g/mol. The SMILES string of the molecule is NCCn1c(N)nc2c(ncn2C2OC(CO)C(O)C2O)c1=O. The number of aromatic nitrogens is 4. The van der Waals surface area contributed by atoms with Gasteiger partial charge in [-0.1, -0.05) is 0 Å². The molecule has 0 aromatic carbocycles. The second-order valence-electron chi connectivity index (χ2n) is 5.27. The lowest BCUT2D eigenvalue weighted by Crippen LogP contribution is -2.33. The predicted molar refractivity (Wildman–Crippen MR) is 78.3 cm³/mol. The highest BCUT2D eigenvalue weighted by atomic mass is 16.6. The van der Waals surface area contributed by atoms with Crippen LogP contribution in [0.5, 0.6) is 0 Å². The Labute approximate surface area is 129 Å². The molecule has 126 valence electrons. The zero-order valence-corrected chi connectivity index (χ0v) is 12.1. The third-order valence-corrected chi connectivity index (χ3v) is 3.86. The number of aliphatic hydroxyl groups is 3. The van der Waals surface area contributed by atoms with Crippen LogP contribution >= 0.6 is 0 Å². The number of nitrogen functional groups attached to an aromatic ring is 1. The summed E-state index contributed by atoms with van der Waals surface area (Å²) in [5, 5.41) is 29.0. The number of fused-ring (bicyclic) bond motifs is 1. The molecule has 0 bridgehead atoms. The van der Waals surface area contributed by atoms with Gasteiger partial charge in [-0.15, -0.1) is 0 Å². The number of hydrogen-bond acceptors (Lipinski definition) is 9. The Hall–Kier alpha value is -2.05. The van der Waals surface area contributed by atoms with Crippen LogP contribution in [0, 0.1) is 0 Å². The number of hydrogen-bond donors (Lipinski definition) is 5. The summed E-state index contributed by atoms with van der Waals surface area (Å²) in [6.45, 7) is -0.0403. The first kappa shape index (κ1) is 15.8. The normalized spacial score (nSPS) is 27.8. The molecule has 0 amide bonds. The lowest BCUT2D eigenvalue weighted by Gasteiger charge is -2.17. The van der Waals surface area contributed by atoms with Crippen molar-refractivity contribution in [2.45, 2.75) is 31.1 Å². The molecule has 3 heterocycles. The van der Waals surface area contributed by atoms with Crippen LogP contribution in [-0.2, 0) is 11.3 Å². The Bertz CT molecular complexity index is 773. The topological polar surface area (TPSA) is 175 Å². The quantitative estimate of drug-likeness (QED) is 0.386. The highest BCUT2D eigenvalue weighted by Gasteiger charge is 2.44. The Morgan fingerprint density at radius 3 is 2.70 bits per heavy atom. The lowest BCUT2D eigenvalue weighted by atomic mass is 10.1. The number of nitrogens with zero attached hydrogens (tertiary/aromatic N) is 4. The van der Waals surface area contributed by atoms with Gasteiger partial charge >= 0.3 is 0 Å². The van der Waals surface area contributed by atoms with Gasteiger partial charge in [0.05, 0.1) is 12.9 Å². The number of rotatable bonds is 4. The maximum absolute atomic E-state index is 12.4. The fourth-order valence-electron chi connectivity index (χ4n) is 2.66. The van der Waals surface area contributed by atoms with Gasteiger partial charge in [0.2, 0.25) is 5.95 Å². The molecular weight excluding hydrogens is 308 g/mol. The van der Waals surface area contributed by atoms with Crippen molar-refractivity contribution in [3.8, 4) is 0 Å². The smallest absolute Gasteiger partial charge is 0.283 e. The van der Waals surface area contributed by atoms with E-state index in [2.05, 4.69) is 9.97 Å². The third-order valence-electron chi connectivity index (χ3n) is 3.86.